The van der Waals surface area contributed by atoms with Crippen molar-refractivity contribution >= 4 is 12.1 Å². The number of aliphatic hydroxyl groups excluding tert-OH is 1. The Bertz CT molecular complexity index is 1010. The molecule has 0 fully saturated rings. The van der Waals surface area contributed by atoms with E-state index in [4.69, 9.17) is 10.00 Å². The number of esters is 1. The summed E-state index contributed by atoms with van der Waals surface area (Å²) < 4.78 is 4.83. The zero-order valence-electron chi connectivity index (χ0n) is 17.9. The average Bonchev–Trinajstić information content (AvgIpc) is 3.17. The summed E-state index contributed by atoms with van der Waals surface area (Å²) in [4.78, 5) is 23.0. The second-order valence-electron chi connectivity index (χ2n) is 8.00. The minimum Gasteiger partial charge on any atom is -0.465 e. The van der Waals surface area contributed by atoms with E-state index in [0.29, 0.717) is 18.7 Å². The van der Waals surface area contributed by atoms with E-state index in [9.17, 15) is 19.8 Å². The fraction of sp³-hybridized carbons (Fsp3) is 0.292. The van der Waals surface area contributed by atoms with E-state index in [2.05, 4.69) is 12.6 Å². The van der Waals surface area contributed by atoms with Crippen LogP contribution < -0.4 is 0 Å². The van der Waals surface area contributed by atoms with Crippen LogP contribution in [0.5, 0.6) is 0 Å². The standard InChI is InChI=1S/C17H14N2O3.C7H12O2/c18-7-11-1-3-13(4-2-11)15-6-12(10-20)5-14-8-19(17(21)22)9-16(14)15;1-5-6(8)9-7(2,3)4/h1-6,20H,8-10H2,(H,21,22);5H,1H2,2-4H3. The van der Waals surface area contributed by atoms with Crippen LogP contribution in [0.15, 0.2) is 49.1 Å². The molecule has 2 aromatic rings. The number of nitrogens with zero attached hydrogens (tertiary/aromatic N) is 2. The topological polar surface area (TPSA) is 111 Å². The van der Waals surface area contributed by atoms with E-state index >= 15 is 0 Å². The van der Waals surface area contributed by atoms with Gasteiger partial charge in [-0.15, -0.1) is 0 Å². The number of carbonyl (C=O) groups is 2. The molecule has 0 unspecified atom stereocenters. The molecule has 162 valence electrons. The third-order valence-corrected chi connectivity index (χ3v) is 4.46. The van der Waals surface area contributed by atoms with Gasteiger partial charge in [0.05, 0.1) is 24.8 Å². The molecule has 31 heavy (non-hydrogen) atoms. The number of aliphatic hydroxyl groups is 1. The summed E-state index contributed by atoms with van der Waals surface area (Å²) in [6, 6.07) is 13.0. The van der Waals surface area contributed by atoms with Crippen molar-refractivity contribution in [2.45, 2.75) is 46.1 Å². The second kappa shape index (κ2) is 9.92. The first-order chi connectivity index (χ1) is 14.6. The molecule has 0 spiro atoms. The van der Waals surface area contributed by atoms with E-state index in [1.54, 1.807) is 12.1 Å². The van der Waals surface area contributed by atoms with Gasteiger partial charge in [-0.3, -0.25) is 4.90 Å². The Balaban J connectivity index is 0.000000323. The van der Waals surface area contributed by atoms with Crippen molar-refractivity contribution in [3.63, 3.8) is 0 Å². The number of amides is 1. The molecule has 0 bridgehead atoms. The fourth-order valence-electron chi connectivity index (χ4n) is 3.13. The van der Waals surface area contributed by atoms with Crippen LogP contribution in [0.1, 0.15) is 43.0 Å². The van der Waals surface area contributed by atoms with Crippen molar-refractivity contribution in [3.05, 3.63) is 71.3 Å². The summed E-state index contributed by atoms with van der Waals surface area (Å²) in [6.45, 7) is 9.29. The Morgan fingerprint density at radius 1 is 1.23 bits per heavy atom. The zero-order chi connectivity index (χ0) is 23.2. The van der Waals surface area contributed by atoms with Crippen LogP contribution in [0, 0.1) is 11.3 Å². The van der Waals surface area contributed by atoms with Crippen LogP contribution in [0.4, 0.5) is 4.79 Å². The SMILES string of the molecule is C=CC(=O)OC(C)(C)C.N#Cc1ccc(-c2cc(CO)cc3c2CN(C(=O)O)C3)cc1. The zero-order valence-corrected chi connectivity index (χ0v) is 17.9. The Labute approximate surface area is 181 Å². The number of benzene rings is 2. The van der Waals surface area contributed by atoms with Gasteiger partial charge >= 0.3 is 12.1 Å². The number of carboxylic acid groups (broad SMARTS) is 1. The van der Waals surface area contributed by atoms with Crippen LogP contribution >= 0.6 is 0 Å². The van der Waals surface area contributed by atoms with Gasteiger partial charge in [0.1, 0.15) is 5.60 Å². The predicted molar refractivity (Wildman–Crippen MR) is 116 cm³/mol. The van der Waals surface area contributed by atoms with E-state index in [0.717, 1.165) is 33.9 Å². The Kier molecular flexibility index (Phi) is 7.56. The van der Waals surface area contributed by atoms with E-state index in [1.807, 2.05) is 45.0 Å². The molecule has 0 saturated heterocycles. The molecule has 3 rings (SSSR count). The summed E-state index contributed by atoms with van der Waals surface area (Å²) in [7, 11) is 0. The van der Waals surface area contributed by atoms with Crippen molar-refractivity contribution in [3.8, 4) is 17.2 Å². The number of fused-ring (bicyclic) bond motifs is 1. The normalized spacial score (nSPS) is 12.2. The molecule has 0 saturated carbocycles. The second-order valence-corrected chi connectivity index (χ2v) is 8.00. The van der Waals surface area contributed by atoms with E-state index in [1.165, 1.54) is 4.90 Å². The Morgan fingerprint density at radius 3 is 2.32 bits per heavy atom. The molecule has 0 radical (unpaired) electrons. The van der Waals surface area contributed by atoms with Crippen LogP contribution in [-0.4, -0.2) is 32.8 Å². The lowest BCUT2D eigenvalue weighted by Crippen LogP contribution is -2.22. The van der Waals surface area contributed by atoms with Gasteiger partial charge in [0.15, 0.2) is 0 Å². The number of carbonyl (C=O) groups excluding carboxylic acids is 1. The molecular weight excluding hydrogens is 396 g/mol. The number of hydrogen-bond donors (Lipinski definition) is 2. The van der Waals surface area contributed by atoms with Crippen molar-refractivity contribution in [1.29, 1.82) is 5.26 Å². The molecule has 1 aliphatic rings. The summed E-state index contributed by atoms with van der Waals surface area (Å²) in [6.07, 6.45) is 0.207. The Hall–Kier alpha value is -3.63. The molecule has 7 heteroatoms. The highest BCUT2D eigenvalue weighted by molar-refractivity contribution is 5.81. The van der Waals surface area contributed by atoms with Crippen LogP contribution in [0.3, 0.4) is 0 Å². The molecule has 1 aliphatic heterocycles. The molecule has 1 heterocycles. The lowest BCUT2D eigenvalue weighted by Gasteiger charge is -2.17. The first kappa shape index (κ1) is 23.6. The highest BCUT2D eigenvalue weighted by Gasteiger charge is 2.26. The molecule has 1 amide bonds. The lowest BCUT2D eigenvalue weighted by atomic mass is 9.94. The van der Waals surface area contributed by atoms with E-state index < -0.39 is 11.7 Å². The fourth-order valence-corrected chi connectivity index (χ4v) is 3.13. The number of ether oxygens (including phenoxy) is 1. The monoisotopic (exact) mass is 422 g/mol. The maximum absolute atomic E-state index is 11.2. The number of rotatable bonds is 3. The van der Waals surface area contributed by atoms with Gasteiger partial charge in [0, 0.05) is 12.6 Å². The Morgan fingerprint density at radius 2 is 1.87 bits per heavy atom. The molecule has 2 aromatic carbocycles. The van der Waals surface area contributed by atoms with Gasteiger partial charge in [0.2, 0.25) is 0 Å². The van der Waals surface area contributed by atoms with Gasteiger partial charge < -0.3 is 14.9 Å². The third kappa shape index (κ3) is 6.43. The van der Waals surface area contributed by atoms with Crippen LogP contribution in [-0.2, 0) is 29.2 Å². The lowest BCUT2D eigenvalue weighted by molar-refractivity contribution is -0.148. The van der Waals surface area contributed by atoms with Crippen LogP contribution in [0.2, 0.25) is 0 Å². The molecule has 0 aromatic heterocycles. The minimum absolute atomic E-state index is 0.0936. The highest BCUT2D eigenvalue weighted by atomic mass is 16.6. The third-order valence-electron chi connectivity index (χ3n) is 4.46. The van der Waals surface area contributed by atoms with Crippen LogP contribution in [0.25, 0.3) is 11.1 Å². The molecule has 2 N–H and O–H groups in total. The van der Waals surface area contributed by atoms with Gasteiger partial charge in [-0.05, 0) is 66.8 Å². The molecule has 0 atom stereocenters. The van der Waals surface area contributed by atoms with Gasteiger partial charge in [-0.1, -0.05) is 24.8 Å². The van der Waals surface area contributed by atoms with E-state index in [-0.39, 0.29) is 12.6 Å². The molecule has 7 nitrogen and oxygen atoms in total. The van der Waals surface area contributed by atoms with Gasteiger partial charge in [-0.25, -0.2) is 9.59 Å². The first-order valence-corrected chi connectivity index (χ1v) is 9.67. The summed E-state index contributed by atoms with van der Waals surface area (Å²) in [5, 5.41) is 27.5. The van der Waals surface area contributed by atoms with Gasteiger partial charge in [0.25, 0.3) is 0 Å². The first-order valence-electron chi connectivity index (χ1n) is 9.67. The van der Waals surface area contributed by atoms with Crippen molar-refractivity contribution < 1.29 is 24.5 Å². The van der Waals surface area contributed by atoms with Crippen molar-refractivity contribution in [2.75, 3.05) is 0 Å². The highest BCUT2D eigenvalue weighted by Crippen LogP contribution is 2.34. The van der Waals surface area contributed by atoms with Crippen molar-refractivity contribution in [1.82, 2.24) is 4.90 Å². The average molecular weight is 422 g/mol. The molecular formula is C24H26N2O5. The van der Waals surface area contributed by atoms with Gasteiger partial charge in [-0.2, -0.15) is 5.26 Å². The quantitative estimate of drug-likeness (QED) is 0.566. The maximum Gasteiger partial charge on any atom is 0.407 e. The number of hydrogen-bond acceptors (Lipinski definition) is 5. The minimum atomic E-state index is -0.951. The smallest absolute Gasteiger partial charge is 0.407 e. The summed E-state index contributed by atoms with van der Waals surface area (Å²) >= 11 is 0. The predicted octanol–water partition coefficient (Wildman–Crippen LogP) is 4.23. The summed E-state index contributed by atoms with van der Waals surface area (Å²) in [5.74, 6) is -0.373. The maximum atomic E-state index is 11.2. The largest absolute Gasteiger partial charge is 0.465 e. The van der Waals surface area contributed by atoms with Crippen molar-refractivity contribution in [2.24, 2.45) is 0 Å². The number of nitriles is 1. The molecule has 0 aliphatic carbocycles. The summed E-state index contributed by atoms with van der Waals surface area (Å²) in [5.41, 5.74) is 4.65.